The van der Waals surface area contributed by atoms with Crippen molar-refractivity contribution < 1.29 is 31.9 Å². The number of nitriles is 1. The maximum Gasteiger partial charge on any atom is 0.446 e. The lowest BCUT2D eigenvalue weighted by atomic mass is 10.0. The van der Waals surface area contributed by atoms with Crippen LogP contribution in [-0.4, -0.2) is 16.6 Å². The highest BCUT2D eigenvalue weighted by molar-refractivity contribution is 8.00. The molecule has 3 nitrogen and oxygen atoms in total. The molecule has 0 aliphatic carbocycles. The smallest absolute Gasteiger partial charge is 0.446 e. The molecule has 0 amide bonds. The predicted octanol–water partition coefficient (Wildman–Crippen LogP) is 3.81. The molecule has 0 aliphatic heterocycles. The summed E-state index contributed by atoms with van der Waals surface area (Å²) < 4.78 is 61.7. The number of thioether (sulfide) groups is 1. The molecule has 1 rings (SSSR count). The van der Waals surface area contributed by atoms with Crippen molar-refractivity contribution in [3.63, 3.8) is 0 Å². The van der Waals surface area contributed by atoms with Crippen LogP contribution >= 0.6 is 11.8 Å². The van der Waals surface area contributed by atoms with E-state index in [0.29, 0.717) is 12.1 Å². The number of halogens is 5. The molecule has 9 heteroatoms. The molecule has 0 radical (unpaired) electrons. The minimum atomic E-state index is -4.75. The molecular formula is C10H4F5NO2S. The van der Waals surface area contributed by atoms with Crippen LogP contribution in [0.25, 0.3) is 0 Å². The van der Waals surface area contributed by atoms with Gasteiger partial charge in [0.1, 0.15) is 6.07 Å². The van der Waals surface area contributed by atoms with Crippen LogP contribution in [-0.2, 0) is 0 Å². The van der Waals surface area contributed by atoms with Gasteiger partial charge < -0.3 is 5.11 Å². The highest BCUT2D eigenvalue weighted by atomic mass is 32.2. The summed E-state index contributed by atoms with van der Waals surface area (Å²) in [5.74, 6) is -1.75. The summed E-state index contributed by atoms with van der Waals surface area (Å²) in [6, 6.07) is 2.28. The van der Waals surface area contributed by atoms with Crippen molar-refractivity contribution >= 4 is 17.7 Å². The van der Waals surface area contributed by atoms with Crippen LogP contribution in [0.5, 0.6) is 0 Å². The number of hydrogen-bond donors (Lipinski definition) is 1. The van der Waals surface area contributed by atoms with Crippen LogP contribution in [0.2, 0.25) is 0 Å². The Labute approximate surface area is 107 Å². The van der Waals surface area contributed by atoms with E-state index in [1.54, 1.807) is 0 Å². The molecular weight excluding hydrogens is 293 g/mol. The fourth-order valence-electron chi connectivity index (χ4n) is 1.30. The van der Waals surface area contributed by atoms with Gasteiger partial charge in [-0.1, -0.05) is 0 Å². The Morgan fingerprint density at radius 1 is 1.37 bits per heavy atom. The first-order valence-electron chi connectivity index (χ1n) is 4.51. The zero-order chi connectivity index (χ0) is 14.8. The van der Waals surface area contributed by atoms with Gasteiger partial charge in [0.25, 0.3) is 6.43 Å². The number of benzene rings is 1. The topological polar surface area (TPSA) is 61.1 Å². The molecule has 102 valence electrons. The summed E-state index contributed by atoms with van der Waals surface area (Å²) in [4.78, 5) is 10.1. The monoisotopic (exact) mass is 297 g/mol. The second-order valence-corrected chi connectivity index (χ2v) is 4.34. The van der Waals surface area contributed by atoms with Crippen molar-refractivity contribution in [1.82, 2.24) is 0 Å². The van der Waals surface area contributed by atoms with E-state index in [1.807, 2.05) is 0 Å². The SMILES string of the molecule is N#Cc1c(C(=O)O)cc(SC(F)(F)F)cc1C(F)F. The fourth-order valence-corrected chi connectivity index (χ4v) is 1.93. The molecule has 1 aromatic rings. The van der Waals surface area contributed by atoms with Gasteiger partial charge in [0.2, 0.25) is 0 Å². The summed E-state index contributed by atoms with van der Waals surface area (Å²) in [6.07, 6.45) is -3.25. The summed E-state index contributed by atoms with van der Waals surface area (Å²) in [6.45, 7) is 0. The van der Waals surface area contributed by atoms with E-state index in [1.165, 1.54) is 6.07 Å². The van der Waals surface area contributed by atoms with Gasteiger partial charge in [-0.15, -0.1) is 0 Å². The summed E-state index contributed by atoms with van der Waals surface area (Å²) in [5.41, 5.74) is -7.50. The normalized spacial score (nSPS) is 11.4. The number of carbonyl (C=O) groups is 1. The van der Waals surface area contributed by atoms with Crippen LogP contribution in [0.1, 0.15) is 27.9 Å². The van der Waals surface area contributed by atoms with Gasteiger partial charge in [-0.3, -0.25) is 0 Å². The lowest BCUT2D eigenvalue weighted by molar-refractivity contribution is -0.0328. The molecule has 0 spiro atoms. The third kappa shape index (κ3) is 3.82. The van der Waals surface area contributed by atoms with Crippen molar-refractivity contribution in [3.8, 4) is 6.07 Å². The highest BCUT2D eigenvalue weighted by Crippen LogP contribution is 2.39. The fraction of sp³-hybridized carbons (Fsp3) is 0.200. The number of carboxylic acid groups (broad SMARTS) is 1. The third-order valence-electron chi connectivity index (χ3n) is 1.95. The van der Waals surface area contributed by atoms with Gasteiger partial charge in [-0.2, -0.15) is 18.4 Å². The van der Waals surface area contributed by atoms with Gasteiger partial charge in [-0.25, -0.2) is 13.6 Å². The number of aromatic carboxylic acids is 1. The Bertz CT molecular complexity index is 550. The first kappa shape index (κ1) is 15.2. The van der Waals surface area contributed by atoms with Crippen molar-refractivity contribution in [2.24, 2.45) is 0 Å². The average Bonchev–Trinajstić information content (AvgIpc) is 2.25. The maximum absolute atomic E-state index is 12.6. The predicted molar refractivity (Wildman–Crippen MR) is 55.0 cm³/mol. The molecule has 19 heavy (non-hydrogen) atoms. The highest BCUT2D eigenvalue weighted by Gasteiger charge is 2.31. The van der Waals surface area contributed by atoms with E-state index in [9.17, 15) is 26.7 Å². The Hall–Kier alpha value is -1.82. The Kier molecular flexibility index (Phi) is 4.36. The maximum atomic E-state index is 12.6. The first-order valence-corrected chi connectivity index (χ1v) is 5.32. The average molecular weight is 297 g/mol. The zero-order valence-electron chi connectivity index (χ0n) is 8.83. The lowest BCUT2D eigenvalue weighted by Crippen LogP contribution is -2.06. The lowest BCUT2D eigenvalue weighted by Gasteiger charge is -2.11. The van der Waals surface area contributed by atoms with Crippen LogP contribution < -0.4 is 0 Å². The molecule has 1 aromatic carbocycles. The Morgan fingerprint density at radius 3 is 2.32 bits per heavy atom. The molecule has 0 heterocycles. The van der Waals surface area contributed by atoms with Crippen molar-refractivity contribution in [1.29, 1.82) is 5.26 Å². The van der Waals surface area contributed by atoms with Gasteiger partial charge in [0, 0.05) is 10.5 Å². The molecule has 0 bridgehead atoms. The minimum Gasteiger partial charge on any atom is -0.478 e. The Balaban J connectivity index is 3.47. The van der Waals surface area contributed by atoms with Crippen molar-refractivity contribution in [2.75, 3.05) is 0 Å². The zero-order valence-corrected chi connectivity index (χ0v) is 9.65. The molecule has 0 aromatic heterocycles. The number of hydrogen-bond acceptors (Lipinski definition) is 3. The molecule has 0 atom stereocenters. The summed E-state index contributed by atoms with van der Waals surface area (Å²) in [5, 5.41) is 17.4. The number of rotatable bonds is 3. The molecule has 0 unspecified atom stereocenters. The van der Waals surface area contributed by atoms with E-state index < -0.39 is 51.3 Å². The van der Waals surface area contributed by atoms with Crippen LogP contribution in [0.3, 0.4) is 0 Å². The standard InChI is InChI=1S/C10H4F5NO2S/c11-8(12)5-1-4(19-10(13,14)15)2-6(9(17)18)7(5)3-16/h1-2,8H,(H,17,18). The van der Waals surface area contributed by atoms with E-state index >= 15 is 0 Å². The van der Waals surface area contributed by atoms with Crippen molar-refractivity contribution in [2.45, 2.75) is 16.8 Å². The van der Waals surface area contributed by atoms with Crippen LogP contribution in [0, 0.1) is 11.3 Å². The minimum absolute atomic E-state index is 0.466. The van der Waals surface area contributed by atoms with Gasteiger partial charge in [0.15, 0.2) is 0 Å². The molecule has 0 saturated heterocycles. The largest absolute Gasteiger partial charge is 0.478 e. The van der Waals surface area contributed by atoms with Gasteiger partial charge >= 0.3 is 11.5 Å². The van der Waals surface area contributed by atoms with E-state index in [-0.39, 0.29) is 0 Å². The van der Waals surface area contributed by atoms with E-state index in [0.717, 1.165) is 0 Å². The second kappa shape index (κ2) is 5.44. The van der Waals surface area contributed by atoms with Crippen LogP contribution in [0.4, 0.5) is 22.0 Å². The molecule has 0 saturated carbocycles. The second-order valence-electron chi connectivity index (χ2n) is 3.20. The van der Waals surface area contributed by atoms with Gasteiger partial charge in [-0.05, 0) is 23.9 Å². The van der Waals surface area contributed by atoms with E-state index in [2.05, 4.69) is 0 Å². The summed E-state index contributed by atoms with van der Waals surface area (Å²) >= 11 is -0.723. The molecule has 0 aliphatic rings. The van der Waals surface area contributed by atoms with E-state index in [4.69, 9.17) is 10.4 Å². The molecule has 1 N–H and O–H groups in total. The Morgan fingerprint density at radius 2 is 1.95 bits per heavy atom. The number of alkyl halides is 5. The molecule has 0 fully saturated rings. The number of carboxylic acids is 1. The third-order valence-corrected chi connectivity index (χ3v) is 2.66. The van der Waals surface area contributed by atoms with Crippen LogP contribution in [0.15, 0.2) is 17.0 Å². The van der Waals surface area contributed by atoms with Gasteiger partial charge in [0.05, 0.1) is 11.1 Å². The first-order chi connectivity index (χ1) is 8.65. The summed E-state index contributed by atoms with van der Waals surface area (Å²) in [7, 11) is 0. The number of nitrogens with zero attached hydrogens (tertiary/aromatic N) is 1. The van der Waals surface area contributed by atoms with Crippen molar-refractivity contribution in [3.05, 3.63) is 28.8 Å². The quantitative estimate of drug-likeness (QED) is 0.681.